The Labute approximate surface area is 152 Å². The first-order valence-electron chi connectivity index (χ1n) is 8.08. The topological polar surface area (TPSA) is 88.4 Å². The van der Waals surface area contributed by atoms with Crippen LogP contribution in [0.2, 0.25) is 0 Å². The first-order chi connectivity index (χ1) is 12.1. The van der Waals surface area contributed by atoms with Crippen molar-refractivity contribution in [2.45, 2.75) is 31.4 Å². The van der Waals surface area contributed by atoms with E-state index in [2.05, 4.69) is 10.0 Å². The molecule has 3 rings (SSSR count). The van der Waals surface area contributed by atoms with E-state index in [1.807, 2.05) is 36.4 Å². The molecular weight excluding hydrogens is 352 g/mol. The van der Waals surface area contributed by atoms with Crippen LogP contribution in [0.4, 0.5) is 5.69 Å². The van der Waals surface area contributed by atoms with Crippen molar-refractivity contribution in [1.29, 1.82) is 0 Å². The summed E-state index contributed by atoms with van der Waals surface area (Å²) < 4.78 is 32.2. The van der Waals surface area contributed by atoms with Gasteiger partial charge >= 0.3 is 0 Å². The largest absolute Gasteiger partial charge is 0.438 e. The molecule has 0 unspecified atom stereocenters. The Bertz CT molecular complexity index is 1060. The molecule has 0 atom stereocenters. The number of anilines is 1. The Morgan fingerprint density at radius 1 is 0.962 bits per heavy atom. The second-order valence-corrected chi connectivity index (χ2v) is 8.60. The van der Waals surface area contributed by atoms with Crippen molar-refractivity contribution >= 4 is 32.4 Å². The van der Waals surface area contributed by atoms with Crippen molar-refractivity contribution in [2.75, 3.05) is 5.32 Å². The molecule has 26 heavy (non-hydrogen) atoms. The summed E-state index contributed by atoms with van der Waals surface area (Å²) in [5.41, 5.74) is -0.0543. The van der Waals surface area contributed by atoms with Gasteiger partial charge in [0.15, 0.2) is 5.76 Å². The number of nitrogens with one attached hydrogen (secondary N) is 2. The van der Waals surface area contributed by atoms with Crippen LogP contribution in [0.25, 0.3) is 10.8 Å². The molecular formula is C19H20N2O4S. The highest BCUT2D eigenvalue weighted by atomic mass is 32.2. The summed E-state index contributed by atoms with van der Waals surface area (Å²) in [6.07, 6.45) is 0. The van der Waals surface area contributed by atoms with Crippen LogP contribution in [0.3, 0.4) is 0 Å². The zero-order valence-electron chi connectivity index (χ0n) is 14.7. The monoisotopic (exact) mass is 372 g/mol. The van der Waals surface area contributed by atoms with Gasteiger partial charge < -0.3 is 9.73 Å². The molecule has 0 saturated carbocycles. The summed E-state index contributed by atoms with van der Waals surface area (Å²) in [6, 6.07) is 15.9. The van der Waals surface area contributed by atoms with E-state index in [4.69, 9.17) is 4.42 Å². The van der Waals surface area contributed by atoms with E-state index in [1.165, 1.54) is 12.1 Å². The molecule has 3 aromatic rings. The van der Waals surface area contributed by atoms with E-state index in [1.54, 1.807) is 26.8 Å². The lowest BCUT2D eigenvalue weighted by molar-refractivity contribution is 0.0991. The summed E-state index contributed by atoms with van der Waals surface area (Å²) in [4.78, 5) is 12.4. The fraction of sp³-hybridized carbons (Fsp3) is 0.211. The number of rotatable bonds is 4. The molecule has 1 amide bonds. The van der Waals surface area contributed by atoms with Gasteiger partial charge in [-0.3, -0.25) is 4.79 Å². The molecule has 0 bridgehead atoms. The minimum Gasteiger partial charge on any atom is -0.438 e. The highest BCUT2D eigenvalue weighted by Gasteiger charge is 2.26. The standard InChI is InChI=1S/C19H20N2O4S/c1-19(2,3)21-26(23,24)17-11-10-16(25-17)18(22)20-15-9-8-13-6-4-5-7-14(13)12-15/h4-12,21H,1-3H3,(H,20,22). The van der Waals surface area contributed by atoms with E-state index in [0.29, 0.717) is 5.69 Å². The van der Waals surface area contributed by atoms with Crippen LogP contribution in [0, 0.1) is 0 Å². The van der Waals surface area contributed by atoms with Gasteiger partial charge in [-0.2, -0.15) is 0 Å². The van der Waals surface area contributed by atoms with Crippen LogP contribution in [0.1, 0.15) is 31.3 Å². The SMILES string of the molecule is CC(C)(C)NS(=O)(=O)c1ccc(C(=O)Nc2ccc3ccccc3c2)o1. The van der Waals surface area contributed by atoms with Gasteiger partial charge in [-0.15, -0.1) is 0 Å². The number of carbonyl (C=O) groups is 1. The molecule has 6 nitrogen and oxygen atoms in total. The first-order valence-corrected chi connectivity index (χ1v) is 9.56. The maximum atomic E-state index is 12.4. The lowest BCUT2D eigenvalue weighted by Gasteiger charge is -2.18. The Kier molecular flexibility index (Phi) is 4.60. The molecule has 0 fully saturated rings. The predicted molar refractivity (Wildman–Crippen MR) is 101 cm³/mol. The Morgan fingerprint density at radius 3 is 2.35 bits per heavy atom. The summed E-state index contributed by atoms with van der Waals surface area (Å²) in [5.74, 6) is -0.593. The number of hydrogen-bond donors (Lipinski definition) is 2. The van der Waals surface area contributed by atoms with Gasteiger partial charge in [0.2, 0.25) is 5.09 Å². The molecule has 0 spiro atoms. The van der Waals surface area contributed by atoms with Gasteiger partial charge in [0, 0.05) is 11.2 Å². The third kappa shape index (κ3) is 4.12. The second-order valence-electron chi connectivity index (χ2n) is 6.99. The van der Waals surface area contributed by atoms with Gasteiger partial charge in [-0.1, -0.05) is 30.3 Å². The smallest absolute Gasteiger partial charge is 0.291 e. The van der Waals surface area contributed by atoms with Crippen LogP contribution in [0.15, 0.2) is 64.1 Å². The number of sulfonamides is 1. The predicted octanol–water partition coefficient (Wildman–Crippen LogP) is 3.76. The highest BCUT2D eigenvalue weighted by Crippen LogP contribution is 2.21. The number of amides is 1. The molecule has 0 aliphatic heterocycles. The van der Waals surface area contributed by atoms with E-state index in [0.717, 1.165) is 10.8 Å². The van der Waals surface area contributed by atoms with Crippen LogP contribution < -0.4 is 10.0 Å². The van der Waals surface area contributed by atoms with Crippen LogP contribution in [0.5, 0.6) is 0 Å². The minimum atomic E-state index is -3.83. The third-order valence-electron chi connectivity index (χ3n) is 3.52. The fourth-order valence-corrected chi connectivity index (χ4v) is 3.85. The van der Waals surface area contributed by atoms with Gasteiger partial charge in [0.25, 0.3) is 15.9 Å². The second kappa shape index (κ2) is 6.59. The number of fused-ring (bicyclic) bond motifs is 1. The van der Waals surface area contributed by atoms with Gasteiger partial charge in [-0.05, 0) is 55.8 Å². The Balaban J connectivity index is 1.79. The lowest BCUT2D eigenvalue weighted by Crippen LogP contribution is -2.40. The van der Waals surface area contributed by atoms with E-state index >= 15 is 0 Å². The zero-order valence-corrected chi connectivity index (χ0v) is 15.6. The molecule has 1 aromatic heterocycles. The first kappa shape index (κ1) is 18.2. The maximum Gasteiger partial charge on any atom is 0.291 e. The third-order valence-corrected chi connectivity index (χ3v) is 5.15. The van der Waals surface area contributed by atoms with Crippen LogP contribution >= 0.6 is 0 Å². The van der Waals surface area contributed by atoms with E-state index < -0.39 is 21.5 Å². The van der Waals surface area contributed by atoms with Crippen molar-refractivity contribution in [3.05, 3.63) is 60.4 Å². The summed E-state index contributed by atoms with van der Waals surface area (Å²) in [6.45, 7) is 5.17. The van der Waals surface area contributed by atoms with Crippen molar-refractivity contribution in [3.8, 4) is 0 Å². The number of carbonyl (C=O) groups excluding carboxylic acids is 1. The highest BCUT2D eigenvalue weighted by molar-refractivity contribution is 7.89. The molecule has 0 saturated heterocycles. The molecule has 7 heteroatoms. The molecule has 2 aromatic carbocycles. The van der Waals surface area contributed by atoms with E-state index in [9.17, 15) is 13.2 Å². The summed E-state index contributed by atoms with van der Waals surface area (Å²) >= 11 is 0. The molecule has 0 aliphatic carbocycles. The van der Waals surface area contributed by atoms with E-state index in [-0.39, 0.29) is 10.9 Å². The molecule has 2 N–H and O–H groups in total. The van der Waals surface area contributed by atoms with Gasteiger partial charge in [0.1, 0.15) is 0 Å². The maximum absolute atomic E-state index is 12.4. The average molecular weight is 372 g/mol. The van der Waals surface area contributed by atoms with Crippen molar-refractivity contribution in [3.63, 3.8) is 0 Å². The van der Waals surface area contributed by atoms with Gasteiger partial charge in [-0.25, -0.2) is 13.1 Å². The molecule has 0 aliphatic rings. The minimum absolute atomic E-state index is 0.0764. The average Bonchev–Trinajstić information content (AvgIpc) is 3.03. The van der Waals surface area contributed by atoms with Gasteiger partial charge in [0.05, 0.1) is 0 Å². The summed E-state index contributed by atoms with van der Waals surface area (Å²) in [5, 5.41) is 4.47. The number of furan rings is 1. The van der Waals surface area contributed by atoms with Crippen LogP contribution in [-0.4, -0.2) is 19.9 Å². The lowest BCUT2D eigenvalue weighted by atomic mass is 10.1. The molecule has 0 radical (unpaired) electrons. The summed E-state index contributed by atoms with van der Waals surface area (Å²) in [7, 11) is -3.83. The zero-order chi connectivity index (χ0) is 18.9. The number of hydrogen-bond acceptors (Lipinski definition) is 4. The van der Waals surface area contributed by atoms with Crippen molar-refractivity contribution in [2.24, 2.45) is 0 Å². The Hall–Kier alpha value is -2.64. The van der Waals surface area contributed by atoms with Crippen molar-refractivity contribution < 1.29 is 17.6 Å². The molecule has 1 heterocycles. The molecule has 136 valence electrons. The van der Waals surface area contributed by atoms with Crippen LogP contribution in [-0.2, 0) is 10.0 Å². The van der Waals surface area contributed by atoms with Crippen molar-refractivity contribution in [1.82, 2.24) is 4.72 Å². The fourth-order valence-electron chi connectivity index (χ4n) is 2.50. The Morgan fingerprint density at radius 2 is 1.65 bits per heavy atom. The quantitative estimate of drug-likeness (QED) is 0.730. The number of benzene rings is 2. The normalized spacial score (nSPS) is 12.3.